The molecule has 0 spiro atoms. The van der Waals surface area contributed by atoms with E-state index in [1.807, 2.05) is 0 Å². The Labute approximate surface area is 103 Å². The summed E-state index contributed by atoms with van der Waals surface area (Å²) in [4.78, 5) is 2.27. The molecular formula is C10H21N3O3S. The van der Waals surface area contributed by atoms with Gasteiger partial charge in [0.1, 0.15) is 0 Å². The molecule has 2 rings (SSSR count). The van der Waals surface area contributed by atoms with Gasteiger partial charge in [-0.25, -0.2) is 0 Å². The van der Waals surface area contributed by atoms with E-state index in [9.17, 15) is 8.42 Å². The van der Waals surface area contributed by atoms with Gasteiger partial charge in [0.2, 0.25) is 0 Å². The van der Waals surface area contributed by atoms with Crippen molar-refractivity contribution in [3.05, 3.63) is 0 Å². The van der Waals surface area contributed by atoms with E-state index in [-0.39, 0.29) is 0 Å². The van der Waals surface area contributed by atoms with Gasteiger partial charge in [-0.15, -0.1) is 0 Å². The van der Waals surface area contributed by atoms with Crippen molar-refractivity contribution in [1.29, 1.82) is 0 Å². The zero-order valence-electron chi connectivity index (χ0n) is 10.3. The van der Waals surface area contributed by atoms with Crippen molar-refractivity contribution >= 4 is 10.2 Å². The molecule has 2 fully saturated rings. The van der Waals surface area contributed by atoms with E-state index >= 15 is 0 Å². The van der Waals surface area contributed by atoms with Crippen LogP contribution in [0.3, 0.4) is 0 Å². The van der Waals surface area contributed by atoms with E-state index in [2.05, 4.69) is 11.8 Å². The van der Waals surface area contributed by atoms with Gasteiger partial charge in [0.25, 0.3) is 10.2 Å². The largest absolute Gasteiger partial charge is 0.379 e. The molecule has 0 saturated carbocycles. The number of hydrogen-bond donors (Lipinski definition) is 0. The van der Waals surface area contributed by atoms with Gasteiger partial charge in [0.05, 0.1) is 13.2 Å². The molecule has 0 aliphatic carbocycles. The molecule has 2 saturated heterocycles. The average molecular weight is 263 g/mol. The molecule has 100 valence electrons. The first-order valence-electron chi connectivity index (χ1n) is 6.20. The molecule has 0 N–H and O–H groups in total. The molecule has 0 atom stereocenters. The van der Waals surface area contributed by atoms with E-state index in [1.54, 1.807) is 4.31 Å². The molecule has 0 aromatic heterocycles. The Morgan fingerprint density at radius 2 is 1.47 bits per heavy atom. The normalized spacial score (nSPS) is 26.2. The highest BCUT2D eigenvalue weighted by atomic mass is 32.2. The Morgan fingerprint density at radius 1 is 0.941 bits per heavy atom. The first kappa shape index (κ1) is 13.2. The minimum Gasteiger partial charge on any atom is -0.379 e. The Balaban J connectivity index is 1.96. The number of piperazine rings is 1. The third-order valence-electron chi connectivity index (χ3n) is 3.40. The summed E-state index contributed by atoms with van der Waals surface area (Å²) in [6, 6.07) is 0. The van der Waals surface area contributed by atoms with Crippen LogP contribution in [0, 0.1) is 0 Å². The maximum atomic E-state index is 12.3. The van der Waals surface area contributed by atoms with Crippen LogP contribution in [0.5, 0.6) is 0 Å². The number of morpholine rings is 1. The maximum Gasteiger partial charge on any atom is 0.282 e. The highest BCUT2D eigenvalue weighted by Gasteiger charge is 2.32. The molecule has 0 amide bonds. The Bertz CT molecular complexity index is 333. The molecule has 17 heavy (non-hydrogen) atoms. The molecule has 7 heteroatoms. The van der Waals surface area contributed by atoms with Gasteiger partial charge in [0, 0.05) is 39.3 Å². The molecule has 2 aliphatic heterocycles. The predicted molar refractivity (Wildman–Crippen MR) is 65.0 cm³/mol. The third kappa shape index (κ3) is 2.97. The van der Waals surface area contributed by atoms with Crippen molar-refractivity contribution in [2.75, 3.05) is 59.0 Å². The second-order valence-corrected chi connectivity index (χ2v) is 6.28. The molecule has 2 heterocycles. The SMILES string of the molecule is CCN1CCN(S(=O)(=O)N2CCOCC2)CC1. The summed E-state index contributed by atoms with van der Waals surface area (Å²) < 4.78 is 33.0. The fourth-order valence-corrected chi connectivity index (χ4v) is 3.78. The second kappa shape index (κ2) is 5.62. The number of rotatable bonds is 3. The lowest BCUT2D eigenvalue weighted by molar-refractivity contribution is 0.0686. The lowest BCUT2D eigenvalue weighted by atomic mass is 10.4. The Kier molecular flexibility index (Phi) is 4.37. The zero-order chi connectivity index (χ0) is 12.3. The average Bonchev–Trinajstić information content (AvgIpc) is 2.40. The van der Waals surface area contributed by atoms with E-state index in [1.165, 1.54) is 4.31 Å². The van der Waals surface area contributed by atoms with Crippen LogP contribution in [0.25, 0.3) is 0 Å². The summed E-state index contributed by atoms with van der Waals surface area (Å²) in [5.41, 5.74) is 0. The van der Waals surface area contributed by atoms with Gasteiger partial charge in [-0.1, -0.05) is 6.92 Å². The number of nitrogens with zero attached hydrogens (tertiary/aromatic N) is 3. The summed E-state index contributed by atoms with van der Waals surface area (Å²) in [6.45, 7) is 7.95. The number of likely N-dealkylation sites (N-methyl/N-ethyl adjacent to an activating group) is 1. The Morgan fingerprint density at radius 3 is 2.00 bits per heavy atom. The van der Waals surface area contributed by atoms with Crippen LogP contribution in [-0.2, 0) is 14.9 Å². The minimum atomic E-state index is -3.26. The summed E-state index contributed by atoms with van der Waals surface area (Å²) >= 11 is 0. The zero-order valence-corrected chi connectivity index (χ0v) is 11.2. The topological polar surface area (TPSA) is 53.1 Å². The highest BCUT2D eigenvalue weighted by molar-refractivity contribution is 7.86. The van der Waals surface area contributed by atoms with Gasteiger partial charge >= 0.3 is 0 Å². The van der Waals surface area contributed by atoms with Crippen molar-refractivity contribution in [3.63, 3.8) is 0 Å². The molecule has 0 unspecified atom stereocenters. The number of hydrogen-bond acceptors (Lipinski definition) is 4. The van der Waals surface area contributed by atoms with Crippen LogP contribution in [0.15, 0.2) is 0 Å². The van der Waals surface area contributed by atoms with E-state index in [0.29, 0.717) is 39.4 Å². The molecule has 2 aliphatic rings. The second-order valence-electron chi connectivity index (χ2n) is 4.35. The van der Waals surface area contributed by atoms with Crippen LogP contribution < -0.4 is 0 Å². The minimum absolute atomic E-state index is 0.482. The van der Waals surface area contributed by atoms with Gasteiger partial charge in [-0.05, 0) is 6.54 Å². The number of ether oxygens (including phenoxy) is 1. The summed E-state index contributed by atoms with van der Waals surface area (Å²) in [7, 11) is -3.26. The monoisotopic (exact) mass is 263 g/mol. The standard InChI is InChI=1S/C10H21N3O3S/c1-2-11-3-5-12(6-4-11)17(14,15)13-7-9-16-10-8-13/h2-10H2,1H3. The molecule has 0 radical (unpaired) electrons. The molecular weight excluding hydrogens is 242 g/mol. The van der Waals surface area contributed by atoms with Crippen LogP contribution in [-0.4, -0.2) is 81.0 Å². The summed E-state index contributed by atoms with van der Waals surface area (Å²) in [5.74, 6) is 0. The molecule has 6 nitrogen and oxygen atoms in total. The lowest BCUT2D eigenvalue weighted by Gasteiger charge is -2.37. The quantitative estimate of drug-likeness (QED) is 0.669. The van der Waals surface area contributed by atoms with Crippen LogP contribution in [0.1, 0.15) is 6.92 Å². The van der Waals surface area contributed by atoms with E-state index in [4.69, 9.17) is 4.74 Å². The van der Waals surface area contributed by atoms with Crippen molar-refractivity contribution in [2.24, 2.45) is 0 Å². The first-order valence-corrected chi connectivity index (χ1v) is 7.59. The van der Waals surface area contributed by atoms with Gasteiger partial charge < -0.3 is 9.64 Å². The Hall–Kier alpha value is -0.210. The highest BCUT2D eigenvalue weighted by Crippen LogP contribution is 2.13. The van der Waals surface area contributed by atoms with Crippen LogP contribution in [0.2, 0.25) is 0 Å². The smallest absolute Gasteiger partial charge is 0.282 e. The van der Waals surface area contributed by atoms with Crippen molar-refractivity contribution in [1.82, 2.24) is 13.5 Å². The van der Waals surface area contributed by atoms with E-state index < -0.39 is 10.2 Å². The van der Waals surface area contributed by atoms with Crippen molar-refractivity contribution in [2.45, 2.75) is 6.92 Å². The van der Waals surface area contributed by atoms with Gasteiger partial charge in [-0.2, -0.15) is 17.0 Å². The van der Waals surface area contributed by atoms with Crippen molar-refractivity contribution < 1.29 is 13.2 Å². The maximum absolute atomic E-state index is 12.3. The fraction of sp³-hybridized carbons (Fsp3) is 1.00. The van der Waals surface area contributed by atoms with Crippen molar-refractivity contribution in [3.8, 4) is 0 Å². The van der Waals surface area contributed by atoms with Gasteiger partial charge in [0.15, 0.2) is 0 Å². The molecule has 0 aromatic rings. The van der Waals surface area contributed by atoms with Crippen LogP contribution in [0.4, 0.5) is 0 Å². The fourth-order valence-electron chi connectivity index (χ4n) is 2.22. The van der Waals surface area contributed by atoms with Crippen LogP contribution >= 0.6 is 0 Å². The molecule has 0 bridgehead atoms. The predicted octanol–water partition coefficient (Wildman–Crippen LogP) is -0.799. The summed E-state index contributed by atoms with van der Waals surface area (Å²) in [6.07, 6.45) is 0. The van der Waals surface area contributed by atoms with E-state index in [0.717, 1.165) is 19.6 Å². The third-order valence-corrected chi connectivity index (χ3v) is 5.44. The lowest BCUT2D eigenvalue weighted by Crippen LogP contribution is -2.54. The summed E-state index contributed by atoms with van der Waals surface area (Å²) in [5, 5.41) is 0. The molecule has 0 aromatic carbocycles. The first-order chi connectivity index (χ1) is 8.14. The van der Waals surface area contributed by atoms with Gasteiger partial charge in [-0.3, -0.25) is 0 Å².